The molecule has 0 spiro atoms. The molecule has 11 heteroatoms. The fourth-order valence-corrected chi connectivity index (χ4v) is 4.93. The summed E-state index contributed by atoms with van der Waals surface area (Å²) >= 11 is 0. The summed E-state index contributed by atoms with van der Waals surface area (Å²) < 4.78 is 46.2. The van der Waals surface area contributed by atoms with Crippen molar-refractivity contribution in [3.8, 4) is 0 Å². The van der Waals surface area contributed by atoms with Gasteiger partial charge in [0.2, 0.25) is 16.0 Å². The smallest absolute Gasteiger partial charge is 0.437 e. The van der Waals surface area contributed by atoms with Gasteiger partial charge in [-0.15, -0.1) is 4.99 Å². The number of carbonyl (C=O) groups is 2. The summed E-state index contributed by atoms with van der Waals surface area (Å²) in [4.78, 5) is 27.4. The van der Waals surface area contributed by atoms with Gasteiger partial charge in [0.15, 0.2) is 0 Å². The molecule has 0 saturated carbocycles. The van der Waals surface area contributed by atoms with Gasteiger partial charge in [0.05, 0.1) is 23.4 Å². The summed E-state index contributed by atoms with van der Waals surface area (Å²) in [5.74, 6) is -2.88. The first-order valence-electron chi connectivity index (χ1n) is 9.65. The zero-order valence-electron chi connectivity index (χ0n) is 18.4. The molecule has 1 heterocycles. The number of nitrogens with zero attached hydrogens (tertiary/aromatic N) is 2. The standard InChI is InChI=1S/C20H28FN3O6S/c1-12(2)20(6)11-31(28,29)24(17(23-20)22-18(27)30-19(3,4)5)10-13-7-14(16(25)26)9-15(21)8-13/h7-9,12H,10-11H2,1-6H3,(H,25,26)(H,22,23,27)/t20-/m0/s1. The Balaban J connectivity index is 2.53. The number of rotatable bonds is 4. The molecule has 31 heavy (non-hydrogen) atoms. The van der Waals surface area contributed by atoms with Gasteiger partial charge in [0.25, 0.3) is 0 Å². The molecule has 0 aliphatic carbocycles. The third kappa shape index (κ3) is 6.16. The van der Waals surface area contributed by atoms with Crippen LogP contribution >= 0.6 is 0 Å². The van der Waals surface area contributed by atoms with E-state index in [2.05, 4.69) is 10.3 Å². The number of amides is 1. The highest BCUT2D eigenvalue weighted by Gasteiger charge is 2.45. The van der Waals surface area contributed by atoms with Crippen LogP contribution in [0.1, 0.15) is 57.5 Å². The largest absolute Gasteiger partial charge is 0.478 e. The highest BCUT2D eigenvalue weighted by atomic mass is 32.2. The van der Waals surface area contributed by atoms with Crippen LogP contribution in [0.3, 0.4) is 0 Å². The highest BCUT2D eigenvalue weighted by Crippen LogP contribution is 2.27. The van der Waals surface area contributed by atoms with E-state index >= 15 is 0 Å². The van der Waals surface area contributed by atoms with Crippen LogP contribution in [-0.2, 0) is 21.3 Å². The van der Waals surface area contributed by atoms with Crippen molar-refractivity contribution in [3.05, 3.63) is 35.1 Å². The van der Waals surface area contributed by atoms with Crippen LogP contribution < -0.4 is 5.32 Å². The van der Waals surface area contributed by atoms with Crippen molar-refractivity contribution in [1.82, 2.24) is 9.62 Å². The van der Waals surface area contributed by atoms with Crippen LogP contribution in [0.2, 0.25) is 0 Å². The van der Waals surface area contributed by atoms with Crippen molar-refractivity contribution < 1.29 is 32.2 Å². The minimum Gasteiger partial charge on any atom is -0.478 e. The molecule has 2 rings (SSSR count). The van der Waals surface area contributed by atoms with Crippen molar-refractivity contribution in [3.63, 3.8) is 0 Å². The lowest BCUT2D eigenvalue weighted by Gasteiger charge is -2.44. The van der Waals surface area contributed by atoms with Gasteiger partial charge >= 0.3 is 12.1 Å². The summed E-state index contributed by atoms with van der Waals surface area (Å²) in [7, 11) is -4.00. The van der Waals surface area contributed by atoms with E-state index in [1.54, 1.807) is 27.7 Å². The van der Waals surface area contributed by atoms with Crippen LogP contribution in [0.25, 0.3) is 0 Å². The van der Waals surface area contributed by atoms with Gasteiger partial charge in [-0.1, -0.05) is 13.8 Å². The number of carboxylic acid groups (broad SMARTS) is 1. The molecular weight excluding hydrogens is 429 g/mol. The number of hydrogen-bond donors (Lipinski definition) is 2. The number of carboxylic acids is 1. The van der Waals surface area contributed by atoms with Crippen molar-refractivity contribution in [1.29, 1.82) is 0 Å². The fraction of sp³-hybridized carbons (Fsp3) is 0.550. The quantitative estimate of drug-likeness (QED) is 0.712. The van der Waals surface area contributed by atoms with Crippen LogP contribution in [0.15, 0.2) is 23.2 Å². The van der Waals surface area contributed by atoms with E-state index < -0.39 is 45.6 Å². The summed E-state index contributed by atoms with van der Waals surface area (Å²) in [6, 6.07) is 3.03. The maximum atomic E-state index is 13.9. The minimum absolute atomic E-state index is 0.0906. The lowest BCUT2D eigenvalue weighted by Crippen LogP contribution is -2.65. The van der Waals surface area contributed by atoms with Gasteiger partial charge in [-0.3, -0.25) is 0 Å². The maximum absolute atomic E-state index is 13.9. The fourth-order valence-electron chi connectivity index (χ4n) is 2.91. The van der Waals surface area contributed by atoms with Gasteiger partial charge in [-0.05, 0) is 57.4 Å². The van der Waals surface area contributed by atoms with E-state index in [4.69, 9.17) is 9.84 Å². The Labute approximate surface area is 181 Å². The number of nitrogens with one attached hydrogen (secondary N) is 1. The molecule has 2 N–H and O–H groups in total. The number of aliphatic imine (C=N–C) groups is 1. The maximum Gasteiger partial charge on any atom is 0.437 e. The average Bonchev–Trinajstić information content (AvgIpc) is 2.55. The number of carbonyl (C=O) groups excluding carboxylic acids is 1. The Hall–Kier alpha value is -2.69. The number of guanidine groups is 1. The van der Waals surface area contributed by atoms with Gasteiger partial charge in [-0.25, -0.2) is 26.7 Å². The summed E-state index contributed by atoms with van der Waals surface area (Å²) in [5.41, 5.74) is -2.01. The van der Waals surface area contributed by atoms with Gasteiger partial charge < -0.3 is 15.2 Å². The molecule has 0 radical (unpaired) electrons. The molecule has 1 atom stereocenters. The number of ether oxygens (including phenoxy) is 1. The SMILES string of the molecule is CC(C)[C@]1(C)CS(=O)(=O)N(Cc2cc(F)cc(C(=O)O)c2)/C(=N\C(=O)OC(C)(C)C)N1. The van der Waals surface area contributed by atoms with Crippen LogP contribution in [0, 0.1) is 11.7 Å². The summed E-state index contributed by atoms with van der Waals surface area (Å²) in [5, 5.41) is 12.2. The molecule has 1 saturated heterocycles. The van der Waals surface area contributed by atoms with E-state index in [1.807, 2.05) is 13.8 Å². The first-order valence-corrected chi connectivity index (χ1v) is 11.3. The monoisotopic (exact) mass is 457 g/mol. The molecule has 0 aromatic heterocycles. The summed E-state index contributed by atoms with van der Waals surface area (Å²) in [6.07, 6.45) is -0.992. The molecular formula is C20H28FN3O6S. The van der Waals surface area contributed by atoms with E-state index in [0.29, 0.717) is 0 Å². The van der Waals surface area contributed by atoms with Gasteiger partial charge in [-0.2, -0.15) is 0 Å². The summed E-state index contributed by atoms with van der Waals surface area (Å²) in [6.45, 7) is 9.87. The molecule has 1 aromatic carbocycles. The highest BCUT2D eigenvalue weighted by molar-refractivity contribution is 7.89. The molecule has 1 aliphatic rings. The molecule has 1 aliphatic heterocycles. The second kappa shape index (κ2) is 8.45. The Morgan fingerprint density at radius 1 is 1.32 bits per heavy atom. The molecule has 172 valence electrons. The van der Waals surface area contributed by atoms with E-state index in [0.717, 1.165) is 16.4 Å². The third-order valence-corrected chi connectivity index (χ3v) is 6.79. The lowest BCUT2D eigenvalue weighted by atomic mass is 9.90. The number of hydrogen-bond acceptors (Lipinski definition) is 5. The number of halogens is 1. The Bertz CT molecular complexity index is 1020. The second-order valence-corrected chi connectivity index (χ2v) is 10.9. The molecule has 1 aromatic rings. The third-order valence-electron chi connectivity index (χ3n) is 4.85. The Morgan fingerprint density at radius 3 is 2.45 bits per heavy atom. The van der Waals surface area contributed by atoms with Gasteiger partial charge in [0, 0.05) is 0 Å². The molecule has 1 fully saturated rings. The predicted molar refractivity (Wildman–Crippen MR) is 113 cm³/mol. The Morgan fingerprint density at radius 2 is 1.94 bits per heavy atom. The molecule has 1 amide bonds. The normalized spacial score (nSPS) is 22.3. The van der Waals surface area contributed by atoms with Crippen molar-refractivity contribution in [2.75, 3.05) is 5.75 Å². The first-order chi connectivity index (χ1) is 14.0. The first kappa shape index (κ1) is 24.6. The molecule has 0 unspecified atom stereocenters. The van der Waals surface area contributed by atoms with Crippen LogP contribution in [0.4, 0.5) is 9.18 Å². The zero-order chi connectivity index (χ0) is 23.8. The van der Waals surface area contributed by atoms with E-state index in [-0.39, 0.29) is 28.8 Å². The minimum atomic E-state index is -4.00. The molecule has 9 nitrogen and oxygen atoms in total. The van der Waals surface area contributed by atoms with E-state index in [1.165, 1.54) is 6.07 Å². The number of sulfonamides is 1. The Kier molecular flexibility index (Phi) is 6.70. The number of benzene rings is 1. The zero-order valence-corrected chi connectivity index (χ0v) is 19.2. The van der Waals surface area contributed by atoms with E-state index in [9.17, 15) is 22.4 Å². The second-order valence-electron chi connectivity index (χ2n) is 9.03. The average molecular weight is 458 g/mol. The van der Waals surface area contributed by atoms with Crippen LogP contribution in [0.5, 0.6) is 0 Å². The molecule has 0 bridgehead atoms. The van der Waals surface area contributed by atoms with Crippen molar-refractivity contribution in [2.45, 2.75) is 59.2 Å². The van der Waals surface area contributed by atoms with Gasteiger partial charge in [0.1, 0.15) is 11.4 Å². The number of aromatic carboxylic acids is 1. The van der Waals surface area contributed by atoms with Crippen LogP contribution in [-0.4, -0.2) is 52.7 Å². The lowest BCUT2D eigenvalue weighted by molar-refractivity contribution is 0.0600. The topological polar surface area (TPSA) is 125 Å². The predicted octanol–water partition coefficient (Wildman–Crippen LogP) is 2.96. The van der Waals surface area contributed by atoms with Crippen molar-refractivity contribution >= 4 is 28.0 Å². The van der Waals surface area contributed by atoms with Crippen molar-refractivity contribution in [2.24, 2.45) is 10.9 Å².